The Balaban J connectivity index is 1.32. The van der Waals surface area contributed by atoms with Crippen molar-refractivity contribution in [3.8, 4) is 0 Å². The molecule has 0 unspecified atom stereocenters. The van der Waals surface area contributed by atoms with E-state index in [0.29, 0.717) is 37.4 Å². The van der Waals surface area contributed by atoms with Gasteiger partial charge >= 0.3 is 5.69 Å². The average molecular weight is 432 g/mol. The van der Waals surface area contributed by atoms with Crippen LogP contribution in [0.15, 0.2) is 46.0 Å². The van der Waals surface area contributed by atoms with Crippen LogP contribution in [0.3, 0.4) is 0 Å². The smallest absolute Gasteiger partial charge is 0.327 e. The number of para-hydroxylation sites is 1. The van der Waals surface area contributed by atoms with Crippen molar-refractivity contribution in [2.45, 2.75) is 6.92 Å². The lowest BCUT2D eigenvalue weighted by Crippen LogP contribution is -2.50. The van der Waals surface area contributed by atoms with Crippen molar-refractivity contribution in [3.63, 3.8) is 0 Å². The largest absolute Gasteiger partial charge is 0.351 e. The number of benzene rings is 1. The van der Waals surface area contributed by atoms with Crippen LogP contribution in [0.5, 0.6) is 0 Å². The average Bonchev–Trinajstić information content (AvgIpc) is 3.21. The number of nitrogens with zero attached hydrogens (tertiary/aromatic N) is 3. The molecule has 10 nitrogen and oxygen atoms in total. The Kier molecular flexibility index (Phi) is 4.62. The molecule has 5 rings (SSSR count). The van der Waals surface area contributed by atoms with Crippen LogP contribution in [0.1, 0.15) is 26.5 Å². The quantitative estimate of drug-likeness (QED) is 0.434. The van der Waals surface area contributed by atoms with E-state index in [9.17, 15) is 19.2 Å². The topological polar surface area (TPSA) is 135 Å². The summed E-state index contributed by atoms with van der Waals surface area (Å²) in [6, 6.07) is 11.1. The number of aromatic nitrogens is 4. The standard InChI is InChI=1S/C22H20N6O4/c1-12-10-15(24-18-17(12)19(29)26-22(32)25-18)20(30)27-6-8-28(9-7-27)21(31)16-11-13-4-2-3-5-14(13)23-16/h2-5,10-11,23H,6-9H2,1H3,(H2,24,25,26,29,32). The van der Waals surface area contributed by atoms with Crippen molar-refractivity contribution in [1.82, 2.24) is 29.7 Å². The fraction of sp³-hybridized carbons (Fsp3) is 0.227. The van der Waals surface area contributed by atoms with Gasteiger partial charge in [0.25, 0.3) is 17.4 Å². The fourth-order valence-electron chi connectivity index (χ4n) is 4.10. The number of carbonyl (C=O) groups is 2. The van der Waals surface area contributed by atoms with Gasteiger partial charge in [-0.25, -0.2) is 9.78 Å². The van der Waals surface area contributed by atoms with Gasteiger partial charge in [-0.1, -0.05) is 18.2 Å². The van der Waals surface area contributed by atoms with Crippen molar-refractivity contribution in [1.29, 1.82) is 0 Å². The number of nitrogens with one attached hydrogen (secondary N) is 3. The molecule has 4 aromatic rings. The first-order valence-corrected chi connectivity index (χ1v) is 10.2. The highest BCUT2D eigenvalue weighted by Gasteiger charge is 2.27. The van der Waals surface area contributed by atoms with Crippen molar-refractivity contribution >= 4 is 33.8 Å². The van der Waals surface area contributed by atoms with Gasteiger partial charge in [0.05, 0.1) is 5.39 Å². The van der Waals surface area contributed by atoms with E-state index in [1.807, 2.05) is 30.3 Å². The van der Waals surface area contributed by atoms with Crippen LogP contribution >= 0.6 is 0 Å². The summed E-state index contributed by atoms with van der Waals surface area (Å²) in [6.45, 7) is 3.18. The Morgan fingerprint density at radius 2 is 1.59 bits per heavy atom. The summed E-state index contributed by atoms with van der Waals surface area (Å²) >= 11 is 0. The number of piperazine rings is 1. The second kappa shape index (κ2) is 7.49. The van der Waals surface area contributed by atoms with Crippen molar-refractivity contribution < 1.29 is 9.59 Å². The molecule has 10 heteroatoms. The molecular weight excluding hydrogens is 412 g/mol. The summed E-state index contributed by atoms with van der Waals surface area (Å²) in [5.74, 6) is -0.418. The molecule has 0 atom stereocenters. The highest BCUT2D eigenvalue weighted by molar-refractivity contribution is 5.98. The minimum atomic E-state index is -0.678. The highest BCUT2D eigenvalue weighted by Crippen LogP contribution is 2.18. The molecule has 32 heavy (non-hydrogen) atoms. The maximum Gasteiger partial charge on any atom is 0.327 e. The van der Waals surface area contributed by atoms with Crippen molar-refractivity contribution in [2.75, 3.05) is 26.2 Å². The zero-order chi connectivity index (χ0) is 22.4. The summed E-state index contributed by atoms with van der Waals surface area (Å²) in [6.07, 6.45) is 0. The van der Waals surface area contributed by atoms with Gasteiger partial charge in [-0.3, -0.25) is 24.4 Å². The maximum atomic E-state index is 13.0. The Labute approximate surface area is 180 Å². The third-order valence-electron chi connectivity index (χ3n) is 5.74. The Hall–Kier alpha value is -4.21. The van der Waals surface area contributed by atoms with Gasteiger partial charge in [-0.15, -0.1) is 0 Å². The second-order valence-electron chi connectivity index (χ2n) is 7.81. The molecule has 0 spiro atoms. The molecule has 0 saturated carbocycles. The van der Waals surface area contributed by atoms with Crippen LogP contribution in [0.25, 0.3) is 21.9 Å². The normalized spacial score (nSPS) is 14.3. The fourth-order valence-corrected chi connectivity index (χ4v) is 4.10. The number of rotatable bonds is 2. The minimum absolute atomic E-state index is 0.0784. The van der Waals surface area contributed by atoms with Crippen LogP contribution in [-0.2, 0) is 0 Å². The van der Waals surface area contributed by atoms with E-state index < -0.39 is 11.2 Å². The molecule has 3 N–H and O–H groups in total. The molecule has 1 aliphatic heterocycles. The molecule has 1 aromatic carbocycles. The second-order valence-corrected chi connectivity index (χ2v) is 7.81. The van der Waals surface area contributed by atoms with Crippen molar-refractivity contribution in [2.24, 2.45) is 0 Å². The Morgan fingerprint density at radius 1 is 0.906 bits per heavy atom. The lowest BCUT2D eigenvalue weighted by atomic mass is 10.1. The lowest BCUT2D eigenvalue weighted by molar-refractivity contribution is 0.0530. The molecule has 2 amide bonds. The van der Waals surface area contributed by atoms with Crippen LogP contribution < -0.4 is 11.2 Å². The number of hydrogen-bond donors (Lipinski definition) is 3. The monoisotopic (exact) mass is 432 g/mol. The van der Waals surface area contributed by atoms with Gasteiger partial charge in [0, 0.05) is 37.1 Å². The summed E-state index contributed by atoms with van der Waals surface area (Å²) in [5.41, 5.74) is 0.969. The van der Waals surface area contributed by atoms with Crippen LogP contribution in [0.2, 0.25) is 0 Å². The third-order valence-corrected chi connectivity index (χ3v) is 5.74. The molecule has 162 valence electrons. The van der Waals surface area contributed by atoms with Crippen LogP contribution in [0.4, 0.5) is 0 Å². The molecule has 1 aliphatic rings. The number of hydrogen-bond acceptors (Lipinski definition) is 5. The number of fused-ring (bicyclic) bond motifs is 2. The van der Waals surface area contributed by atoms with Gasteiger partial charge in [0.1, 0.15) is 17.0 Å². The first-order chi connectivity index (χ1) is 15.4. The SMILES string of the molecule is Cc1cc(C(=O)N2CCN(C(=O)c3cc4ccccc4[nH]3)CC2)nc2[nH]c(=O)[nH]c(=O)c12. The Morgan fingerprint density at radius 3 is 2.31 bits per heavy atom. The van der Waals surface area contributed by atoms with E-state index in [-0.39, 0.29) is 28.5 Å². The molecule has 1 fully saturated rings. The number of pyridine rings is 1. The van der Waals surface area contributed by atoms with Crippen molar-refractivity contribution in [3.05, 3.63) is 74.2 Å². The maximum absolute atomic E-state index is 13.0. The van der Waals surface area contributed by atoms with E-state index in [1.165, 1.54) is 0 Å². The zero-order valence-corrected chi connectivity index (χ0v) is 17.3. The summed E-state index contributed by atoms with van der Waals surface area (Å²) < 4.78 is 0. The van der Waals surface area contributed by atoms with Gasteiger partial charge in [0.15, 0.2) is 0 Å². The first kappa shape index (κ1) is 19.7. The van der Waals surface area contributed by atoms with Crippen LogP contribution in [0, 0.1) is 6.92 Å². The molecule has 0 bridgehead atoms. The van der Waals surface area contributed by atoms with Gasteiger partial charge in [0.2, 0.25) is 0 Å². The first-order valence-electron chi connectivity index (χ1n) is 10.2. The zero-order valence-electron chi connectivity index (χ0n) is 17.3. The van der Waals surface area contributed by atoms with Crippen LogP contribution in [-0.4, -0.2) is 67.7 Å². The number of carbonyl (C=O) groups excluding carboxylic acids is 2. The number of amides is 2. The lowest BCUT2D eigenvalue weighted by Gasteiger charge is -2.34. The minimum Gasteiger partial charge on any atom is -0.351 e. The summed E-state index contributed by atoms with van der Waals surface area (Å²) in [4.78, 5) is 64.8. The van der Waals surface area contributed by atoms with Gasteiger partial charge in [-0.05, 0) is 30.7 Å². The third kappa shape index (κ3) is 3.35. The Bertz CT molecular complexity index is 1460. The van der Waals surface area contributed by atoms with Gasteiger partial charge < -0.3 is 14.8 Å². The molecule has 0 radical (unpaired) electrons. The van der Waals surface area contributed by atoms with E-state index in [2.05, 4.69) is 19.9 Å². The number of aromatic amines is 3. The highest BCUT2D eigenvalue weighted by atomic mass is 16.2. The molecule has 4 heterocycles. The number of aryl methyl sites for hydroxylation is 1. The molecular formula is C22H20N6O4. The van der Waals surface area contributed by atoms with Gasteiger partial charge in [-0.2, -0.15) is 0 Å². The summed E-state index contributed by atoms with van der Waals surface area (Å²) in [7, 11) is 0. The predicted molar refractivity (Wildman–Crippen MR) is 118 cm³/mol. The predicted octanol–water partition coefficient (Wildman–Crippen LogP) is 0.999. The van der Waals surface area contributed by atoms with E-state index in [0.717, 1.165) is 10.9 Å². The van der Waals surface area contributed by atoms with E-state index in [4.69, 9.17) is 0 Å². The van der Waals surface area contributed by atoms with E-state index in [1.54, 1.807) is 22.8 Å². The number of H-pyrrole nitrogens is 3. The molecule has 1 saturated heterocycles. The summed E-state index contributed by atoms with van der Waals surface area (Å²) in [5, 5.41) is 1.22. The molecule has 3 aromatic heterocycles. The molecule has 0 aliphatic carbocycles. The van der Waals surface area contributed by atoms with E-state index >= 15 is 0 Å².